The summed E-state index contributed by atoms with van der Waals surface area (Å²) in [6, 6.07) is 12.7. The summed E-state index contributed by atoms with van der Waals surface area (Å²) in [4.78, 5) is 10.5. The molecule has 0 fully saturated rings. The average molecular weight is 351 g/mol. The lowest BCUT2D eigenvalue weighted by Gasteiger charge is -2.10. The number of nitrogens with zero attached hydrogens (tertiary/aromatic N) is 1. The lowest BCUT2D eigenvalue weighted by atomic mass is 10.2. The van der Waals surface area contributed by atoms with E-state index in [1.807, 2.05) is 24.3 Å². The van der Waals surface area contributed by atoms with Crippen LogP contribution in [0.3, 0.4) is 0 Å². The Morgan fingerprint density at radius 3 is 2.76 bits per heavy atom. The fraction of sp³-hybridized carbons (Fsp3) is 0.200. The zero-order valence-corrected chi connectivity index (χ0v) is 13.1. The third kappa shape index (κ3) is 4.19. The Hall–Kier alpha value is -2.08. The molecule has 21 heavy (non-hydrogen) atoms. The van der Waals surface area contributed by atoms with Gasteiger partial charge in [-0.3, -0.25) is 10.1 Å². The Morgan fingerprint density at radius 2 is 2.10 bits per heavy atom. The molecule has 0 radical (unpaired) electrons. The topological polar surface area (TPSA) is 64.4 Å². The van der Waals surface area contributed by atoms with Gasteiger partial charge in [0.05, 0.1) is 11.5 Å². The van der Waals surface area contributed by atoms with Gasteiger partial charge >= 0.3 is 5.69 Å². The number of ether oxygens (including phenoxy) is 1. The van der Waals surface area contributed by atoms with E-state index in [0.717, 1.165) is 15.7 Å². The van der Waals surface area contributed by atoms with Crippen LogP contribution in [0.5, 0.6) is 5.75 Å². The zero-order chi connectivity index (χ0) is 15.2. The zero-order valence-electron chi connectivity index (χ0n) is 11.5. The third-order valence-corrected chi connectivity index (χ3v) is 3.34. The third-order valence-electron chi connectivity index (χ3n) is 2.84. The molecule has 2 rings (SSSR count). The molecule has 2 aromatic carbocycles. The SMILES string of the molecule is CCOc1cc(NCc2cccc(Br)c2)ccc1[N+](=O)[O-]. The number of rotatable bonds is 6. The fourth-order valence-electron chi connectivity index (χ4n) is 1.90. The molecule has 0 saturated carbocycles. The van der Waals surface area contributed by atoms with Crippen molar-refractivity contribution >= 4 is 27.3 Å². The minimum Gasteiger partial charge on any atom is -0.487 e. The van der Waals surface area contributed by atoms with E-state index in [9.17, 15) is 10.1 Å². The van der Waals surface area contributed by atoms with Gasteiger partial charge in [-0.25, -0.2) is 0 Å². The second kappa shape index (κ2) is 7.08. The Bertz CT molecular complexity index is 647. The van der Waals surface area contributed by atoms with Crippen LogP contribution in [0.2, 0.25) is 0 Å². The van der Waals surface area contributed by atoms with Gasteiger partial charge in [0.15, 0.2) is 5.75 Å². The summed E-state index contributed by atoms with van der Waals surface area (Å²) < 4.78 is 6.34. The van der Waals surface area contributed by atoms with Crippen molar-refractivity contribution in [2.75, 3.05) is 11.9 Å². The van der Waals surface area contributed by atoms with Crippen molar-refractivity contribution in [1.29, 1.82) is 0 Å². The predicted octanol–water partition coefficient (Wildman–Crippen LogP) is 4.37. The number of nitro groups is 1. The molecule has 0 aliphatic heterocycles. The molecule has 2 aromatic rings. The molecule has 0 atom stereocenters. The van der Waals surface area contributed by atoms with Crippen molar-refractivity contribution in [1.82, 2.24) is 0 Å². The molecule has 0 saturated heterocycles. The van der Waals surface area contributed by atoms with Crippen LogP contribution >= 0.6 is 15.9 Å². The number of nitrogens with one attached hydrogen (secondary N) is 1. The van der Waals surface area contributed by atoms with Gasteiger partial charge in [-0.05, 0) is 30.7 Å². The maximum absolute atomic E-state index is 10.9. The van der Waals surface area contributed by atoms with E-state index in [2.05, 4.69) is 21.2 Å². The van der Waals surface area contributed by atoms with Crippen LogP contribution in [0.15, 0.2) is 46.9 Å². The molecule has 110 valence electrons. The van der Waals surface area contributed by atoms with Crippen LogP contribution in [-0.2, 0) is 6.54 Å². The van der Waals surface area contributed by atoms with Gasteiger partial charge in [-0.2, -0.15) is 0 Å². The number of nitro benzene ring substituents is 1. The van der Waals surface area contributed by atoms with Gasteiger partial charge in [0, 0.05) is 28.8 Å². The highest BCUT2D eigenvalue weighted by Crippen LogP contribution is 2.30. The molecule has 0 aromatic heterocycles. The van der Waals surface area contributed by atoms with Gasteiger partial charge in [0.2, 0.25) is 0 Å². The molecule has 0 heterocycles. The normalized spacial score (nSPS) is 10.2. The van der Waals surface area contributed by atoms with Crippen molar-refractivity contribution in [3.8, 4) is 5.75 Å². The fourth-order valence-corrected chi connectivity index (χ4v) is 2.34. The molecule has 0 aliphatic rings. The van der Waals surface area contributed by atoms with Crippen LogP contribution in [0.4, 0.5) is 11.4 Å². The number of anilines is 1. The maximum atomic E-state index is 10.9. The summed E-state index contributed by atoms with van der Waals surface area (Å²) >= 11 is 3.42. The summed E-state index contributed by atoms with van der Waals surface area (Å²) in [5.74, 6) is 0.279. The largest absolute Gasteiger partial charge is 0.487 e. The van der Waals surface area contributed by atoms with E-state index < -0.39 is 4.92 Å². The van der Waals surface area contributed by atoms with Crippen LogP contribution in [-0.4, -0.2) is 11.5 Å². The molecule has 5 nitrogen and oxygen atoms in total. The lowest BCUT2D eigenvalue weighted by molar-refractivity contribution is -0.385. The summed E-state index contributed by atoms with van der Waals surface area (Å²) in [5, 5.41) is 14.2. The van der Waals surface area contributed by atoms with Crippen molar-refractivity contribution < 1.29 is 9.66 Å². The molecule has 0 bridgehead atoms. The molecule has 6 heteroatoms. The first kappa shape index (κ1) is 15.3. The second-order valence-corrected chi connectivity index (χ2v) is 5.27. The molecule has 1 N–H and O–H groups in total. The van der Waals surface area contributed by atoms with E-state index in [4.69, 9.17) is 4.74 Å². The maximum Gasteiger partial charge on any atom is 0.311 e. The van der Waals surface area contributed by atoms with Gasteiger partial charge in [0.1, 0.15) is 0 Å². The minimum absolute atomic E-state index is 0.0233. The highest BCUT2D eigenvalue weighted by Gasteiger charge is 2.15. The Kier molecular flexibility index (Phi) is 5.16. The van der Waals surface area contributed by atoms with Gasteiger partial charge < -0.3 is 10.1 Å². The van der Waals surface area contributed by atoms with Gasteiger partial charge in [-0.15, -0.1) is 0 Å². The van der Waals surface area contributed by atoms with Crippen molar-refractivity contribution in [3.05, 3.63) is 62.6 Å². The van der Waals surface area contributed by atoms with E-state index in [1.165, 1.54) is 6.07 Å². The second-order valence-electron chi connectivity index (χ2n) is 4.36. The summed E-state index contributed by atoms with van der Waals surface area (Å²) in [6.45, 7) is 2.81. The standard InChI is InChI=1S/C15H15BrN2O3/c1-2-21-15-9-13(6-7-14(15)18(19)20)17-10-11-4-3-5-12(16)8-11/h3-9,17H,2,10H2,1H3. The number of halogens is 1. The smallest absolute Gasteiger partial charge is 0.311 e. The van der Waals surface area contributed by atoms with Crippen LogP contribution < -0.4 is 10.1 Å². The molecule has 0 aliphatic carbocycles. The Labute approximate surface area is 131 Å². The number of hydrogen-bond acceptors (Lipinski definition) is 4. The summed E-state index contributed by atoms with van der Waals surface area (Å²) in [7, 11) is 0. The van der Waals surface area contributed by atoms with Crippen LogP contribution in [0.1, 0.15) is 12.5 Å². The van der Waals surface area contributed by atoms with E-state index in [1.54, 1.807) is 19.1 Å². The number of benzene rings is 2. The van der Waals surface area contributed by atoms with E-state index in [0.29, 0.717) is 13.2 Å². The first-order chi connectivity index (χ1) is 10.1. The highest BCUT2D eigenvalue weighted by molar-refractivity contribution is 9.10. The first-order valence-corrected chi connectivity index (χ1v) is 7.29. The van der Waals surface area contributed by atoms with Crippen molar-refractivity contribution in [3.63, 3.8) is 0 Å². The van der Waals surface area contributed by atoms with Crippen molar-refractivity contribution in [2.45, 2.75) is 13.5 Å². The van der Waals surface area contributed by atoms with Gasteiger partial charge in [-0.1, -0.05) is 28.1 Å². The highest BCUT2D eigenvalue weighted by atomic mass is 79.9. The predicted molar refractivity (Wildman–Crippen MR) is 85.7 cm³/mol. The number of hydrogen-bond donors (Lipinski definition) is 1. The monoisotopic (exact) mass is 350 g/mol. The van der Waals surface area contributed by atoms with Gasteiger partial charge in [0.25, 0.3) is 0 Å². The molecule has 0 amide bonds. The molecular weight excluding hydrogens is 336 g/mol. The van der Waals surface area contributed by atoms with E-state index >= 15 is 0 Å². The van der Waals surface area contributed by atoms with Crippen LogP contribution in [0, 0.1) is 10.1 Å². The minimum atomic E-state index is -0.441. The molecule has 0 unspecified atom stereocenters. The van der Waals surface area contributed by atoms with Crippen molar-refractivity contribution in [2.24, 2.45) is 0 Å². The van der Waals surface area contributed by atoms with E-state index in [-0.39, 0.29) is 11.4 Å². The molecular formula is C15H15BrN2O3. The Balaban J connectivity index is 2.13. The molecule has 0 spiro atoms. The quantitative estimate of drug-likeness (QED) is 0.620. The van der Waals surface area contributed by atoms with Crippen LogP contribution in [0.25, 0.3) is 0 Å². The first-order valence-electron chi connectivity index (χ1n) is 6.49. The summed E-state index contributed by atoms with van der Waals surface area (Å²) in [6.07, 6.45) is 0. The summed E-state index contributed by atoms with van der Waals surface area (Å²) in [5.41, 5.74) is 1.87. The average Bonchev–Trinajstić information content (AvgIpc) is 2.45. The lowest BCUT2D eigenvalue weighted by Crippen LogP contribution is -2.02. The Morgan fingerprint density at radius 1 is 1.29 bits per heavy atom.